The van der Waals surface area contributed by atoms with E-state index in [0.29, 0.717) is 36.3 Å². The lowest BCUT2D eigenvalue weighted by Gasteiger charge is -2.30. The van der Waals surface area contributed by atoms with Crippen LogP contribution in [0.4, 0.5) is 0 Å². The third-order valence-electron chi connectivity index (χ3n) is 3.65. The topological polar surface area (TPSA) is 92.5 Å². The largest absolute Gasteiger partial charge is 0.351 e. The highest BCUT2D eigenvalue weighted by Gasteiger charge is 2.29. The molecule has 0 atom stereocenters. The van der Waals surface area contributed by atoms with Crippen molar-refractivity contribution >= 4 is 39.7 Å². The molecule has 9 heteroatoms. The van der Waals surface area contributed by atoms with Crippen molar-refractivity contribution in [1.82, 2.24) is 9.62 Å². The number of nitrogens with one attached hydrogen (secondary N) is 1. The van der Waals surface area contributed by atoms with Gasteiger partial charge >= 0.3 is 0 Å². The maximum absolute atomic E-state index is 12.6. The van der Waals surface area contributed by atoms with E-state index in [2.05, 4.69) is 5.32 Å². The van der Waals surface area contributed by atoms with Crippen molar-refractivity contribution in [1.29, 1.82) is 0 Å². The van der Waals surface area contributed by atoms with Crippen LogP contribution in [0.1, 0.15) is 24.6 Å². The van der Waals surface area contributed by atoms with E-state index in [0.717, 1.165) is 17.7 Å². The van der Waals surface area contributed by atoms with Crippen molar-refractivity contribution in [2.75, 3.05) is 19.6 Å². The highest BCUT2D eigenvalue weighted by atomic mass is 35.5. The lowest BCUT2D eigenvalue weighted by atomic mass is 9.99. The summed E-state index contributed by atoms with van der Waals surface area (Å²) in [5, 5.41) is 2.67. The number of carbonyl (C=O) groups is 1. The van der Waals surface area contributed by atoms with Crippen molar-refractivity contribution in [3.8, 4) is 0 Å². The van der Waals surface area contributed by atoms with Gasteiger partial charge < -0.3 is 11.1 Å². The Bertz CT molecular complexity index is 595. The Morgan fingerprint density at radius 2 is 2.05 bits per heavy atom. The summed E-state index contributed by atoms with van der Waals surface area (Å²) in [5.74, 6) is 0.298. The number of carbonyl (C=O) groups excluding carboxylic acids is 1. The first-order chi connectivity index (χ1) is 9.93. The van der Waals surface area contributed by atoms with Gasteiger partial charge in [-0.1, -0.05) is 0 Å². The molecule has 1 aliphatic heterocycles. The van der Waals surface area contributed by atoms with Crippen molar-refractivity contribution in [2.24, 2.45) is 11.7 Å². The van der Waals surface area contributed by atoms with Crippen LogP contribution in [0.3, 0.4) is 0 Å². The average Bonchev–Trinajstić information content (AvgIpc) is 2.95. The fraction of sp³-hybridized carbons (Fsp3) is 0.615. The van der Waals surface area contributed by atoms with Crippen molar-refractivity contribution in [3.05, 3.63) is 17.0 Å². The summed E-state index contributed by atoms with van der Waals surface area (Å²) in [6.07, 6.45) is 1.64. The van der Waals surface area contributed by atoms with Gasteiger partial charge in [-0.3, -0.25) is 4.79 Å². The van der Waals surface area contributed by atoms with Crippen LogP contribution in [0.5, 0.6) is 0 Å². The third-order valence-corrected chi connectivity index (χ3v) is 7.10. The van der Waals surface area contributed by atoms with Crippen LogP contribution < -0.4 is 11.1 Å². The van der Waals surface area contributed by atoms with Gasteiger partial charge in [0.05, 0.1) is 6.54 Å². The van der Waals surface area contributed by atoms with E-state index < -0.39 is 10.0 Å². The molecule has 0 radical (unpaired) electrons. The molecule has 0 saturated carbocycles. The van der Waals surface area contributed by atoms with E-state index in [-0.39, 0.29) is 18.3 Å². The first-order valence-corrected chi connectivity index (χ1v) is 9.22. The Labute approximate surface area is 141 Å². The minimum atomic E-state index is -3.41. The van der Waals surface area contributed by atoms with Gasteiger partial charge in [0.25, 0.3) is 10.0 Å². The predicted molar refractivity (Wildman–Crippen MR) is 89.6 cm³/mol. The van der Waals surface area contributed by atoms with Gasteiger partial charge in [0.2, 0.25) is 5.91 Å². The van der Waals surface area contributed by atoms with Crippen molar-refractivity contribution in [2.45, 2.75) is 30.5 Å². The zero-order valence-corrected chi connectivity index (χ0v) is 14.9. The molecule has 2 heterocycles. The molecule has 0 aliphatic carbocycles. The summed E-state index contributed by atoms with van der Waals surface area (Å²) in [5.41, 5.74) is 5.63. The lowest BCUT2D eigenvalue weighted by Crippen LogP contribution is -2.39. The number of amides is 1. The normalized spacial score (nSPS) is 17.0. The molecule has 2 rings (SSSR count). The molecular weight excluding hydrogens is 346 g/mol. The molecule has 1 fully saturated rings. The first-order valence-electron chi connectivity index (χ1n) is 6.97. The van der Waals surface area contributed by atoms with Crippen LogP contribution in [-0.2, 0) is 21.4 Å². The van der Waals surface area contributed by atoms with Gasteiger partial charge in [-0.15, -0.1) is 23.7 Å². The van der Waals surface area contributed by atoms with Gasteiger partial charge in [0, 0.05) is 24.9 Å². The zero-order chi connectivity index (χ0) is 15.5. The molecule has 22 heavy (non-hydrogen) atoms. The van der Waals surface area contributed by atoms with Crippen molar-refractivity contribution < 1.29 is 13.2 Å². The van der Waals surface area contributed by atoms with E-state index in [9.17, 15) is 13.2 Å². The smallest absolute Gasteiger partial charge is 0.252 e. The molecule has 0 spiro atoms. The molecule has 1 aromatic heterocycles. The van der Waals surface area contributed by atoms with Crippen LogP contribution in [0.15, 0.2) is 16.3 Å². The summed E-state index contributed by atoms with van der Waals surface area (Å²) in [6.45, 7) is 3.48. The fourth-order valence-corrected chi connectivity index (χ4v) is 5.24. The van der Waals surface area contributed by atoms with Gasteiger partial charge in [0.1, 0.15) is 4.21 Å². The predicted octanol–water partition coefficient (Wildman–Crippen LogP) is 1.17. The maximum atomic E-state index is 12.6. The van der Waals surface area contributed by atoms with E-state index in [4.69, 9.17) is 5.73 Å². The molecule has 1 aromatic rings. The number of hydrogen-bond donors (Lipinski definition) is 2. The molecule has 0 unspecified atom stereocenters. The van der Waals surface area contributed by atoms with Crippen LogP contribution in [0.2, 0.25) is 0 Å². The van der Waals surface area contributed by atoms with Gasteiger partial charge in [-0.25, -0.2) is 8.42 Å². The molecule has 1 aliphatic rings. The Morgan fingerprint density at radius 1 is 1.41 bits per heavy atom. The van der Waals surface area contributed by atoms with E-state index in [1.807, 2.05) is 0 Å². The minimum Gasteiger partial charge on any atom is -0.351 e. The highest BCUT2D eigenvalue weighted by Crippen LogP contribution is 2.28. The molecule has 126 valence electrons. The summed E-state index contributed by atoms with van der Waals surface area (Å²) in [4.78, 5) is 11.7. The standard InChI is InChI=1S/C13H21N3O3S2.ClH/c1-10(17)15-9-12-2-3-13(20-12)21(18,19)16-6-4-11(8-14)5-7-16;/h2-3,11H,4-9,14H2,1H3,(H,15,17);1H. The van der Waals surface area contributed by atoms with Crippen LogP contribution >= 0.6 is 23.7 Å². The number of nitrogens with zero attached hydrogens (tertiary/aromatic N) is 1. The molecule has 0 bridgehead atoms. The van der Waals surface area contributed by atoms with Crippen LogP contribution in [-0.4, -0.2) is 38.3 Å². The van der Waals surface area contributed by atoms with Crippen LogP contribution in [0, 0.1) is 5.92 Å². The SMILES string of the molecule is CC(=O)NCc1ccc(S(=O)(=O)N2CCC(CN)CC2)s1.Cl. The summed E-state index contributed by atoms with van der Waals surface area (Å²) in [6, 6.07) is 3.37. The molecule has 1 saturated heterocycles. The fourth-order valence-electron chi connectivity index (χ4n) is 2.32. The number of halogens is 1. The summed E-state index contributed by atoms with van der Waals surface area (Å²) >= 11 is 1.21. The number of thiophene rings is 1. The van der Waals surface area contributed by atoms with E-state index in [1.54, 1.807) is 12.1 Å². The molecule has 3 N–H and O–H groups in total. The second-order valence-corrected chi connectivity index (χ2v) is 8.55. The van der Waals surface area contributed by atoms with Crippen LogP contribution in [0.25, 0.3) is 0 Å². The van der Waals surface area contributed by atoms with Gasteiger partial charge in [-0.05, 0) is 37.4 Å². The lowest BCUT2D eigenvalue weighted by molar-refractivity contribution is -0.119. The van der Waals surface area contributed by atoms with E-state index in [1.165, 1.54) is 22.6 Å². The molecular formula is C13H22ClN3O3S2. The second kappa shape index (κ2) is 8.26. The van der Waals surface area contributed by atoms with Gasteiger partial charge in [0.15, 0.2) is 0 Å². The Morgan fingerprint density at radius 3 is 2.59 bits per heavy atom. The van der Waals surface area contributed by atoms with Crippen molar-refractivity contribution in [3.63, 3.8) is 0 Å². The molecule has 6 nitrogen and oxygen atoms in total. The zero-order valence-electron chi connectivity index (χ0n) is 12.4. The minimum absolute atomic E-state index is 0. The monoisotopic (exact) mass is 367 g/mol. The summed E-state index contributed by atoms with van der Waals surface area (Å²) in [7, 11) is -3.41. The van der Waals surface area contributed by atoms with Gasteiger partial charge in [-0.2, -0.15) is 4.31 Å². The number of nitrogens with two attached hydrogens (primary N) is 1. The number of piperidine rings is 1. The quantitative estimate of drug-likeness (QED) is 0.816. The Hall–Kier alpha value is -0.670. The molecule has 1 amide bonds. The first kappa shape index (κ1) is 19.4. The highest BCUT2D eigenvalue weighted by molar-refractivity contribution is 7.91. The Balaban J connectivity index is 0.00000242. The number of rotatable bonds is 5. The Kier molecular flexibility index (Phi) is 7.27. The van der Waals surface area contributed by atoms with E-state index >= 15 is 0 Å². The number of sulfonamides is 1. The molecule has 0 aromatic carbocycles. The third kappa shape index (κ3) is 4.66. The maximum Gasteiger partial charge on any atom is 0.252 e. The average molecular weight is 368 g/mol. The number of hydrogen-bond acceptors (Lipinski definition) is 5. The summed E-state index contributed by atoms with van der Waals surface area (Å²) < 4.78 is 27.0. The second-order valence-electron chi connectivity index (χ2n) is 5.21.